The van der Waals surface area contributed by atoms with Crippen LogP contribution in [0.25, 0.3) is 0 Å². The summed E-state index contributed by atoms with van der Waals surface area (Å²) < 4.78 is 11.5. The smallest absolute Gasteiger partial charge is 0.207 e. The Morgan fingerprint density at radius 3 is 2.74 bits per heavy atom. The number of nitrogens with one attached hydrogen (secondary N) is 3. The summed E-state index contributed by atoms with van der Waals surface area (Å²) in [7, 11) is 1.65. The van der Waals surface area contributed by atoms with Crippen LogP contribution in [-0.4, -0.2) is 19.7 Å². The van der Waals surface area contributed by atoms with E-state index in [1.807, 2.05) is 48.5 Å². The van der Waals surface area contributed by atoms with Crippen molar-refractivity contribution in [2.75, 3.05) is 13.8 Å². The molecule has 0 unspecified atom stereocenters. The van der Waals surface area contributed by atoms with Crippen molar-refractivity contribution in [1.82, 2.24) is 16.2 Å². The van der Waals surface area contributed by atoms with Crippen molar-refractivity contribution in [3.05, 3.63) is 59.7 Å². The second-order valence-corrected chi connectivity index (χ2v) is 5.04. The van der Waals surface area contributed by atoms with Gasteiger partial charge in [0.05, 0.1) is 7.11 Å². The predicted molar refractivity (Wildman–Crippen MR) is 89.2 cm³/mol. The number of guanidine groups is 1. The first kappa shape index (κ1) is 15.2. The summed E-state index contributed by atoms with van der Waals surface area (Å²) in [6.07, 6.45) is 0. The molecule has 0 aromatic heterocycles. The van der Waals surface area contributed by atoms with Crippen LogP contribution >= 0.6 is 0 Å². The Hall–Kier alpha value is -2.73. The van der Waals surface area contributed by atoms with Crippen LogP contribution in [0, 0.1) is 0 Å². The molecule has 0 amide bonds. The van der Waals surface area contributed by atoms with E-state index in [0.717, 1.165) is 28.6 Å². The Kier molecular flexibility index (Phi) is 4.95. The second kappa shape index (κ2) is 7.51. The van der Waals surface area contributed by atoms with Gasteiger partial charge in [-0.15, -0.1) is 0 Å². The summed E-state index contributed by atoms with van der Waals surface area (Å²) in [5, 5.41) is 3.23. The van der Waals surface area contributed by atoms with Gasteiger partial charge in [0.15, 0.2) is 11.5 Å². The average Bonchev–Trinajstić information content (AvgIpc) is 3.12. The number of hydrogen-bond acceptors (Lipinski definition) is 6. The maximum Gasteiger partial charge on any atom is 0.207 e. The molecule has 2 aromatic rings. The second-order valence-electron chi connectivity index (χ2n) is 5.04. The highest BCUT2D eigenvalue weighted by Gasteiger charge is 2.12. The number of rotatable bonds is 6. The minimum absolute atomic E-state index is 0.495. The first-order valence-electron chi connectivity index (χ1n) is 7.46. The van der Waals surface area contributed by atoms with Gasteiger partial charge < -0.3 is 14.8 Å². The van der Waals surface area contributed by atoms with Crippen LogP contribution in [0.1, 0.15) is 11.1 Å². The molecule has 3 N–H and O–H groups in total. The molecule has 1 aliphatic heterocycles. The van der Waals surface area contributed by atoms with Gasteiger partial charge in [0.2, 0.25) is 5.96 Å². The normalized spacial score (nSPS) is 13.2. The summed E-state index contributed by atoms with van der Waals surface area (Å²) in [5.41, 5.74) is 7.99. The monoisotopic (exact) mass is 312 g/mol. The molecule has 6 heteroatoms. The van der Waals surface area contributed by atoms with E-state index in [0.29, 0.717) is 19.8 Å². The third-order valence-corrected chi connectivity index (χ3v) is 3.48. The lowest BCUT2D eigenvalue weighted by molar-refractivity contribution is 0.281. The standard InChI is InChI=1S/C17H20N4O2/c1-22-15-9-5-8-14(10-18-17-19-12-20-21-17)16(15)23-11-13-6-3-2-4-7-13/h2-9,20H,10-12H2,1H3,(H2,18,19,21). The molecule has 0 spiro atoms. The number of hydrazine groups is 1. The Bertz CT molecular complexity index is 674. The molecule has 0 fully saturated rings. The highest BCUT2D eigenvalue weighted by atomic mass is 16.5. The van der Waals surface area contributed by atoms with E-state index in [2.05, 4.69) is 21.2 Å². The van der Waals surface area contributed by atoms with Crippen molar-refractivity contribution in [1.29, 1.82) is 0 Å². The fourth-order valence-corrected chi connectivity index (χ4v) is 2.32. The number of aliphatic imine (C=N–C) groups is 1. The van der Waals surface area contributed by atoms with Gasteiger partial charge >= 0.3 is 0 Å². The van der Waals surface area contributed by atoms with Crippen LogP contribution in [-0.2, 0) is 13.2 Å². The van der Waals surface area contributed by atoms with Crippen molar-refractivity contribution in [2.24, 2.45) is 4.99 Å². The minimum Gasteiger partial charge on any atom is -0.493 e. The van der Waals surface area contributed by atoms with E-state index in [4.69, 9.17) is 9.47 Å². The quantitative estimate of drug-likeness (QED) is 0.759. The first-order chi connectivity index (χ1) is 11.4. The van der Waals surface area contributed by atoms with Crippen LogP contribution in [0.5, 0.6) is 11.5 Å². The van der Waals surface area contributed by atoms with Gasteiger partial charge in [-0.25, -0.2) is 10.4 Å². The summed E-state index contributed by atoms with van der Waals surface area (Å²) in [4.78, 5) is 4.23. The average molecular weight is 312 g/mol. The zero-order valence-corrected chi connectivity index (χ0v) is 13.0. The molecular formula is C17H20N4O2. The lowest BCUT2D eigenvalue weighted by atomic mass is 10.1. The number of para-hydroxylation sites is 1. The maximum atomic E-state index is 6.02. The molecule has 0 saturated heterocycles. The summed E-state index contributed by atoms with van der Waals surface area (Å²) in [6, 6.07) is 15.9. The van der Waals surface area contributed by atoms with Crippen molar-refractivity contribution < 1.29 is 9.47 Å². The Balaban J connectivity index is 1.73. The van der Waals surface area contributed by atoms with Gasteiger partial charge in [0.25, 0.3) is 0 Å². The number of methoxy groups -OCH3 is 1. The molecule has 2 aromatic carbocycles. The summed E-state index contributed by atoms with van der Waals surface area (Å²) in [5.74, 6) is 2.19. The number of hydrogen-bond donors (Lipinski definition) is 3. The topological polar surface area (TPSA) is 66.9 Å². The zero-order valence-electron chi connectivity index (χ0n) is 13.0. The van der Waals surface area contributed by atoms with Crippen LogP contribution in [0.4, 0.5) is 0 Å². The van der Waals surface area contributed by atoms with E-state index < -0.39 is 0 Å². The molecule has 0 radical (unpaired) electrons. The third-order valence-electron chi connectivity index (χ3n) is 3.48. The van der Waals surface area contributed by atoms with Crippen molar-refractivity contribution in [3.8, 4) is 11.5 Å². The van der Waals surface area contributed by atoms with E-state index in [1.165, 1.54) is 0 Å². The molecule has 0 atom stereocenters. The van der Waals surface area contributed by atoms with Gasteiger partial charge in [0.1, 0.15) is 13.3 Å². The molecule has 23 heavy (non-hydrogen) atoms. The molecule has 1 aliphatic rings. The molecule has 1 heterocycles. The number of nitrogens with zero attached hydrogens (tertiary/aromatic N) is 1. The lowest BCUT2D eigenvalue weighted by Gasteiger charge is -2.16. The molecule has 3 rings (SSSR count). The fraction of sp³-hybridized carbons (Fsp3) is 0.235. The molecule has 0 aliphatic carbocycles. The van der Waals surface area contributed by atoms with Gasteiger partial charge in [-0.2, -0.15) is 0 Å². The molecular weight excluding hydrogens is 292 g/mol. The predicted octanol–water partition coefficient (Wildman–Crippen LogP) is 1.79. The van der Waals surface area contributed by atoms with Crippen molar-refractivity contribution >= 4 is 5.96 Å². The minimum atomic E-state index is 0.495. The summed E-state index contributed by atoms with van der Waals surface area (Å²) >= 11 is 0. The van der Waals surface area contributed by atoms with E-state index in [9.17, 15) is 0 Å². The Morgan fingerprint density at radius 2 is 2.00 bits per heavy atom. The van der Waals surface area contributed by atoms with Gasteiger partial charge in [-0.3, -0.25) is 5.43 Å². The van der Waals surface area contributed by atoms with Crippen molar-refractivity contribution in [2.45, 2.75) is 13.2 Å². The van der Waals surface area contributed by atoms with Crippen LogP contribution in [0.2, 0.25) is 0 Å². The van der Waals surface area contributed by atoms with Crippen LogP contribution in [0.15, 0.2) is 53.5 Å². The van der Waals surface area contributed by atoms with Crippen LogP contribution in [0.3, 0.4) is 0 Å². The lowest BCUT2D eigenvalue weighted by Crippen LogP contribution is -2.38. The van der Waals surface area contributed by atoms with Crippen molar-refractivity contribution in [3.63, 3.8) is 0 Å². The SMILES string of the molecule is COc1cccc(CNC2=NCNN2)c1OCc1ccccc1. The van der Waals surface area contributed by atoms with Gasteiger partial charge in [0, 0.05) is 12.1 Å². The number of ether oxygens (including phenoxy) is 2. The Labute approximate surface area is 135 Å². The van der Waals surface area contributed by atoms with E-state index in [-0.39, 0.29) is 0 Å². The largest absolute Gasteiger partial charge is 0.493 e. The molecule has 0 saturated carbocycles. The fourth-order valence-electron chi connectivity index (χ4n) is 2.32. The first-order valence-corrected chi connectivity index (χ1v) is 7.46. The highest BCUT2D eigenvalue weighted by Crippen LogP contribution is 2.31. The molecule has 120 valence electrons. The zero-order chi connectivity index (χ0) is 15.9. The van der Waals surface area contributed by atoms with E-state index >= 15 is 0 Å². The van der Waals surface area contributed by atoms with Gasteiger partial charge in [-0.05, 0) is 11.6 Å². The third kappa shape index (κ3) is 3.92. The Morgan fingerprint density at radius 1 is 1.13 bits per heavy atom. The highest BCUT2D eigenvalue weighted by molar-refractivity contribution is 5.80. The number of benzene rings is 2. The molecule has 6 nitrogen and oxygen atoms in total. The molecule has 0 bridgehead atoms. The van der Waals surface area contributed by atoms with Gasteiger partial charge in [-0.1, -0.05) is 42.5 Å². The maximum absolute atomic E-state index is 6.02. The van der Waals surface area contributed by atoms with Crippen LogP contribution < -0.4 is 25.6 Å². The summed E-state index contributed by atoms with van der Waals surface area (Å²) in [6.45, 7) is 1.65. The van der Waals surface area contributed by atoms with E-state index in [1.54, 1.807) is 7.11 Å².